The molecule has 2 N–H and O–H groups in total. The van der Waals surface area contributed by atoms with Crippen molar-refractivity contribution in [2.45, 2.75) is 82.9 Å². The third-order valence-corrected chi connectivity index (χ3v) is 6.86. The standard InChI is InChI=1S/C25H37N3O4/c1-3-25(2,24(31)27-20-13-8-5-9-14-20)28(18-21-15-10-16-32-21)22(29)17-26-23(30)19-11-6-4-7-12-19/h4,6-7,11-12,20-21H,3,5,8-10,13-18H2,1-2H3,(H,26,30)(H,27,31). The van der Waals surface area contributed by atoms with Crippen LogP contribution in [0.3, 0.4) is 0 Å². The number of hydrogen-bond acceptors (Lipinski definition) is 4. The van der Waals surface area contributed by atoms with E-state index in [4.69, 9.17) is 4.74 Å². The zero-order valence-corrected chi connectivity index (χ0v) is 19.4. The monoisotopic (exact) mass is 443 g/mol. The van der Waals surface area contributed by atoms with E-state index in [1.165, 1.54) is 6.42 Å². The topological polar surface area (TPSA) is 87.7 Å². The summed E-state index contributed by atoms with van der Waals surface area (Å²) in [5.74, 6) is -0.693. The Labute approximate surface area is 191 Å². The summed E-state index contributed by atoms with van der Waals surface area (Å²) in [6.45, 7) is 4.62. The number of ether oxygens (including phenoxy) is 1. The van der Waals surface area contributed by atoms with Crippen LogP contribution in [0, 0.1) is 0 Å². The van der Waals surface area contributed by atoms with E-state index in [-0.39, 0.29) is 36.4 Å². The molecular weight excluding hydrogens is 406 g/mol. The number of nitrogens with zero attached hydrogens (tertiary/aromatic N) is 1. The van der Waals surface area contributed by atoms with Crippen LogP contribution < -0.4 is 10.6 Å². The van der Waals surface area contributed by atoms with Gasteiger partial charge in [0.15, 0.2) is 0 Å². The molecule has 0 aromatic heterocycles. The van der Waals surface area contributed by atoms with Gasteiger partial charge in [0.1, 0.15) is 5.54 Å². The van der Waals surface area contributed by atoms with Crippen molar-refractivity contribution in [3.8, 4) is 0 Å². The molecule has 3 rings (SSSR count). The van der Waals surface area contributed by atoms with Crippen LogP contribution in [0.15, 0.2) is 30.3 Å². The van der Waals surface area contributed by atoms with Crippen LogP contribution in [-0.2, 0) is 14.3 Å². The molecule has 0 radical (unpaired) electrons. The molecule has 1 aromatic carbocycles. The number of rotatable bonds is 9. The van der Waals surface area contributed by atoms with Crippen LogP contribution in [0.25, 0.3) is 0 Å². The molecule has 7 nitrogen and oxygen atoms in total. The average molecular weight is 444 g/mol. The molecule has 1 saturated heterocycles. The van der Waals surface area contributed by atoms with Gasteiger partial charge in [0.25, 0.3) is 5.91 Å². The minimum absolute atomic E-state index is 0.0860. The van der Waals surface area contributed by atoms with Crippen molar-refractivity contribution in [3.05, 3.63) is 35.9 Å². The van der Waals surface area contributed by atoms with Crippen molar-refractivity contribution in [3.63, 3.8) is 0 Å². The van der Waals surface area contributed by atoms with Crippen LogP contribution in [0.1, 0.15) is 75.6 Å². The number of amides is 3. The Kier molecular flexibility index (Phi) is 8.67. The third-order valence-electron chi connectivity index (χ3n) is 6.86. The third kappa shape index (κ3) is 6.09. The summed E-state index contributed by atoms with van der Waals surface area (Å²) < 4.78 is 5.78. The van der Waals surface area contributed by atoms with Crippen molar-refractivity contribution in [1.82, 2.24) is 15.5 Å². The second kappa shape index (κ2) is 11.5. The highest BCUT2D eigenvalue weighted by Gasteiger charge is 2.42. The Morgan fingerprint density at radius 1 is 1.06 bits per heavy atom. The number of carbonyl (C=O) groups excluding carboxylic acids is 3. The maximum atomic E-state index is 13.4. The SMILES string of the molecule is CCC(C)(C(=O)NC1CCCCC1)N(CC1CCCO1)C(=O)CNC(=O)c1ccccc1. The normalized spacial score (nSPS) is 20.9. The minimum atomic E-state index is -1.00. The fourth-order valence-electron chi connectivity index (χ4n) is 4.58. The van der Waals surface area contributed by atoms with E-state index in [9.17, 15) is 14.4 Å². The van der Waals surface area contributed by atoms with Crippen molar-refractivity contribution >= 4 is 17.7 Å². The molecule has 1 heterocycles. The Morgan fingerprint density at radius 3 is 2.41 bits per heavy atom. The van der Waals surface area contributed by atoms with Gasteiger partial charge < -0.3 is 20.3 Å². The zero-order chi connectivity index (χ0) is 23.0. The Bertz CT molecular complexity index is 773. The van der Waals surface area contributed by atoms with Crippen LogP contribution in [0.2, 0.25) is 0 Å². The largest absolute Gasteiger partial charge is 0.376 e. The molecule has 3 amide bonds. The molecule has 1 aliphatic heterocycles. The van der Waals surface area contributed by atoms with E-state index < -0.39 is 5.54 Å². The highest BCUT2D eigenvalue weighted by Crippen LogP contribution is 2.25. The lowest BCUT2D eigenvalue weighted by atomic mass is 9.91. The number of benzene rings is 1. The summed E-state index contributed by atoms with van der Waals surface area (Å²) in [5, 5.41) is 5.92. The summed E-state index contributed by atoms with van der Waals surface area (Å²) in [7, 11) is 0. The molecule has 0 spiro atoms. The van der Waals surface area contributed by atoms with Crippen LogP contribution in [-0.4, -0.2) is 60.0 Å². The molecule has 1 aliphatic carbocycles. The predicted molar refractivity (Wildman–Crippen MR) is 123 cm³/mol. The Hall–Kier alpha value is -2.41. The van der Waals surface area contributed by atoms with Gasteiger partial charge in [0, 0.05) is 24.8 Å². The van der Waals surface area contributed by atoms with E-state index in [2.05, 4.69) is 10.6 Å². The second-order valence-electron chi connectivity index (χ2n) is 9.12. The second-order valence-corrected chi connectivity index (χ2v) is 9.12. The molecule has 2 fully saturated rings. The van der Waals surface area contributed by atoms with Crippen molar-refractivity contribution in [2.24, 2.45) is 0 Å². The lowest BCUT2D eigenvalue weighted by molar-refractivity contribution is -0.149. The minimum Gasteiger partial charge on any atom is -0.376 e. The summed E-state index contributed by atoms with van der Waals surface area (Å²) in [6, 6.07) is 8.98. The first kappa shape index (κ1) is 24.2. The van der Waals surface area contributed by atoms with Gasteiger partial charge in [0.05, 0.1) is 12.6 Å². The average Bonchev–Trinajstić information content (AvgIpc) is 3.35. The summed E-state index contributed by atoms with van der Waals surface area (Å²) in [5.41, 5.74) is -0.503. The molecule has 0 bridgehead atoms. The van der Waals surface area contributed by atoms with Gasteiger partial charge in [-0.15, -0.1) is 0 Å². The van der Waals surface area contributed by atoms with E-state index in [0.29, 0.717) is 25.1 Å². The van der Waals surface area contributed by atoms with E-state index in [0.717, 1.165) is 38.5 Å². The van der Waals surface area contributed by atoms with Gasteiger partial charge in [-0.25, -0.2) is 0 Å². The molecule has 2 unspecified atom stereocenters. The molecule has 1 saturated carbocycles. The number of hydrogen-bond donors (Lipinski definition) is 2. The molecule has 176 valence electrons. The first-order chi connectivity index (χ1) is 15.4. The van der Waals surface area contributed by atoms with Crippen LogP contribution >= 0.6 is 0 Å². The van der Waals surface area contributed by atoms with Gasteiger partial charge in [-0.3, -0.25) is 14.4 Å². The highest BCUT2D eigenvalue weighted by molar-refractivity contribution is 5.97. The summed E-state index contributed by atoms with van der Waals surface area (Å²) in [4.78, 5) is 40.8. The molecule has 32 heavy (non-hydrogen) atoms. The maximum absolute atomic E-state index is 13.4. The van der Waals surface area contributed by atoms with E-state index in [1.54, 1.807) is 29.2 Å². The molecule has 1 aromatic rings. The van der Waals surface area contributed by atoms with Crippen molar-refractivity contribution in [1.29, 1.82) is 0 Å². The van der Waals surface area contributed by atoms with Crippen LogP contribution in [0.5, 0.6) is 0 Å². The molecular formula is C25H37N3O4. The van der Waals surface area contributed by atoms with E-state index >= 15 is 0 Å². The summed E-state index contributed by atoms with van der Waals surface area (Å²) in [6.07, 6.45) is 7.64. The van der Waals surface area contributed by atoms with Gasteiger partial charge in [-0.1, -0.05) is 44.4 Å². The van der Waals surface area contributed by atoms with E-state index in [1.807, 2.05) is 19.9 Å². The quantitative estimate of drug-likeness (QED) is 0.614. The lowest BCUT2D eigenvalue weighted by Crippen LogP contribution is -2.62. The zero-order valence-electron chi connectivity index (χ0n) is 19.4. The smallest absolute Gasteiger partial charge is 0.251 e. The van der Waals surface area contributed by atoms with Crippen molar-refractivity contribution in [2.75, 3.05) is 19.7 Å². The Balaban J connectivity index is 1.72. The van der Waals surface area contributed by atoms with Crippen molar-refractivity contribution < 1.29 is 19.1 Å². The van der Waals surface area contributed by atoms with Crippen LogP contribution in [0.4, 0.5) is 0 Å². The first-order valence-corrected chi connectivity index (χ1v) is 12.0. The number of nitrogens with one attached hydrogen (secondary N) is 2. The van der Waals surface area contributed by atoms with Gasteiger partial charge in [0.2, 0.25) is 11.8 Å². The molecule has 2 aliphatic rings. The Morgan fingerprint density at radius 2 is 1.78 bits per heavy atom. The van der Waals surface area contributed by atoms with Gasteiger partial charge in [-0.2, -0.15) is 0 Å². The highest BCUT2D eigenvalue weighted by atomic mass is 16.5. The van der Waals surface area contributed by atoms with Gasteiger partial charge in [-0.05, 0) is 51.2 Å². The van der Waals surface area contributed by atoms with Gasteiger partial charge >= 0.3 is 0 Å². The lowest BCUT2D eigenvalue weighted by Gasteiger charge is -2.41. The predicted octanol–water partition coefficient (Wildman–Crippen LogP) is 3.04. The fourth-order valence-corrected chi connectivity index (χ4v) is 4.58. The fraction of sp³-hybridized carbons (Fsp3) is 0.640. The number of carbonyl (C=O) groups is 3. The summed E-state index contributed by atoms with van der Waals surface area (Å²) >= 11 is 0. The molecule has 7 heteroatoms. The molecule has 2 atom stereocenters. The first-order valence-electron chi connectivity index (χ1n) is 12.0. The maximum Gasteiger partial charge on any atom is 0.251 e.